The van der Waals surface area contributed by atoms with Crippen LogP contribution in [0.1, 0.15) is 0 Å². The largest absolute Gasteiger partial charge is 0.383 e. The summed E-state index contributed by atoms with van der Waals surface area (Å²) in [7, 11) is 1.58. The van der Waals surface area contributed by atoms with Gasteiger partial charge < -0.3 is 10.1 Å². The molecule has 1 aromatic carbocycles. The first kappa shape index (κ1) is 10.5. The summed E-state index contributed by atoms with van der Waals surface area (Å²) in [5.74, 6) is 0. The van der Waals surface area contributed by atoms with Gasteiger partial charge in [0.05, 0.1) is 11.5 Å². The number of hydrogen-bond donors (Lipinski definition) is 1. The van der Waals surface area contributed by atoms with Gasteiger partial charge in [0, 0.05) is 19.7 Å². The van der Waals surface area contributed by atoms with Crippen LogP contribution in [-0.4, -0.2) is 25.2 Å². The molecule has 5 nitrogen and oxygen atoms in total. The maximum absolute atomic E-state index is 10.6. The molecule has 0 aromatic heterocycles. The molecule has 1 aromatic rings. The Morgan fingerprint density at radius 1 is 1.50 bits per heavy atom. The molecular weight excluding hydrogens is 184 g/mol. The number of nitrogens with zero attached hydrogens (tertiary/aromatic N) is 1. The summed E-state index contributed by atoms with van der Waals surface area (Å²) in [5.41, 5.74) is 0.609. The Bertz CT molecular complexity index is 315. The molecule has 0 unspecified atom stereocenters. The van der Waals surface area contributed by atoms with Crippen LogP contribution < -0.4 is 5.32 Å². The summed E-state index contributed by atoms with van der Waals surface area (Å²) in [6.07, 6.45) is 0. The maximum atomic E-state index is 10.6. The number of rotatable bonds is 5. The van der Waals surface area contributed by atoms with Gasteiger partial charge in [-0.25, -0.2) is 0 Å². The smallest absolute Gasteiger partial charge is 0.292 e. The molecule has 0 aliphatic carbocycles. The molecule has 76 valence electrons. The fourth-order valence-corrected chi connectivity index (χ4v) is 1.07. The lowest BCUT2D eigenvalue weighted by atomic mass is 10.2. The van der Waals surface area contributed by atoms with Crippen LogP contribution in [0.5, 0.6) is 0 Å². The van der Waals surface area contributed by atoms with Crippen molar-refractivity contribution in [1.29, 1.82) is 0 Å². The SMILES string of the molecule is COCCNc1ccccc1[N+](=O)[O-]. The second kappa shape index (κ2) is 5.18. The Morgan fingerprint density at radius 3 is 2.86 bits per heavy atom. The molecule has 0 fully saturated rings. The topological polar surface area (TPSA) is 64.4 Å². The van der Waals surface area contributed by atoms with E-state index in [1.165, 1.54) is 6.07 Å². The van der Waals surface area contributed by atoms with Crippen molar-refractivity contribution >= 4 is 11.4 Å². The fourth-order valence-electron chi connectivity index (χ4n) is 1.07. The lowest BCUT2D eigenvalue weighted by Gasteiger charge is -2.05. The first-order chi connectivity index (χ1) is 6.75. The van der Waals surface area contributed by atoms with Crippen LogP contribution in [0.4, 0.5) is 11.4 Å². The zero-order chi connectivity index (χ0) is 10.4. The predicted octanol–water partition coefficient (Wildman–Crippen LogP) is 1.65. The summed E-state index contributed by atoms with van der Waals surface area (Å²) in [5, 5.41) is 13.5. The first-order valence-corrected chi connectivity index (χ1v) is 4.22. The highest BCUT2D eigenvalue weighted by atomic mass is 16.6. The number of nitro groups is 1. The minimum Gasteiger partial charge on any atom is -0.383 e. The van der Waals surface area contributed by atoms with Gasteiger partial charge in [0.25, 0.3) is 5.69 Å². The quantitative estimate of drug-likeness (QED) is 0.442. The molecule has 5 heteroatoms. The minimum absolute atomic E-state index is 0.0867. The van der Waals surface area contributed by atoms with Gasteiger partial charge in [-0.1, -0.05) is 12.1 Å². The van der Waals surface area contributed by atoms with Crippen LogP contribution in [0.25, 0.3) is 0 Å². The van der Waals surface area contributed by atoms with E-state index in [0.717, 1.165) is 0 Å². The van der Waals surface area contributed by atoms with Gasteiger partial charge in [0.15, 0.2) is 0 Å². The number of anilines is 1. The number of benzene rings is 1. The van der Waals surface area contributed by atoms with E-state index in [2.05, 4.69) is 5.32 Å². The number of nitro benzene ring substituents is 1. The standard InChI is InChI=1S/C9H12N2O3/c1-14-7-6-10-8-4-2-3-5-9(8)11(12)13/h2-5,10H,6-7H2,1H3. The highest BCUT2D eigenvalue weighted by Crippen LogP contribution is 2.22. The third-order valence-corrected chi connectivity index (χ3v) is 1.72. The van der Waals surface area contributed by atoms with Crippen molar-refractivity contribution in [3.05, 3.63) is 34.4 Å². The Balaban J connectivity index is 2.69. The maximum Gasteiger partial charge on any atom is 0.292 e. The first-order valence-electron chi connectivity index (χ1n) is 4.22. The lowest BCUT2D eigenvalue weighted by Crippen LogP contribution is -2.08. The second-order valence-corrected chi connectivity index (χ2v) is 2.69. The average Bonchev–Trinajstić information content (AvgIpc) is 2.19. The zero-order valence-corrected chi connectivity index (χ0v) is 7.90. The van der Waals surface area contributed by atoms with E-state index in [4.69, 9.17) is 4.74 Å². The summed E-state index contributed by atoms with van der Waals surface area (Å²) in [6.45, 7) is 1.08. The van der Waals surface area contributed by atoms with Gasteiger partial charge >= 0.3 is 0 Å². The normalized spacial score (nSPS) is 9.79. The van der Waals surface area contributed by atoms with Crippen LogP contribution in [-0.2, 0) is 4.74 Å². The summed E-state index contributed by atoms with van der Waals surface area (Å²) in [6, 6.07) is 6.53. The highest BCUT2D eigenvalue weighted by molar-refractivity contribution is 5.60. The monoisotopic (exact) mass is 196 g/mol. The van der Waals surface area contributed by atoms with Crippen molar-refractivity contribution in [3.63, 3.8) is 0 Å². The Morgan fingerprint density at radius 2 is 2.21 bits per heavy atom. The van der Waals surface area contributed by atoms with Crippen molar-refractivity contribution in [1.82, 2.24) is 0 Å². The van der Waals surface area contributed by atoms with Crippen molar-refractivity contribution in [2.45, 2.75) is 0 Å². The molecule has 1 N–H and O–H groups in total. The van der Waals surface area contributed by atoms with E-state index in [0.29, 0.717) is 18.8 Å². The van der Waals surface area contributed by atoms with Gasteiger partial charge in [0.1, 0.15) is 5.69 Å². The van der Waals surface area contributed by atoms with Gasteiger partial charge in [-0.05, 0) is 6.07 Å². The highest BCUT2D eigenvalue weighted by Gasteiger charge is 2.10. The van der Waals surface area contributed by atoms with Gasteiger partial charge in [-0.2, -0.15) is 0 Å². The van der Waals surface area contributed by atoms with E-state index in [-0.39, 0.29) is 5.69 Å². The molecular formula is C9H12N2O3. The molecule has 0 aliphatic rings. The summed E-state index contributed by atoms with van der Waals surface area (Å²) in [4.78, 5) is 10.2. The van der Waals surface area contributed by atoms with Crippen LogP contribution >= 0.6 is 0 Å². The fraction of sp³-hybridized carbons (Fsp3) is 0.333. The third kappa shape index (κ3) is 2.70. The van der Waals surface area contributed by atoms with Crippen molar-refractivity contribution in [3.8, 4) is 0 Å². The summed E-state index contributed by atoms with van der Waals surface area (Å²) < 4.78 is 4.83. The Labute approximate surface area is 81.8 Å². The van der Waals surface area contributed by atoms with E-state index < -0.39 is 4.92 Å². The van der Waals surface area contributed by atoms with E-state index in [9.17, 15) is 10.1 Å². The molecule has 0 amide bonds. The molecule has 0 bridgehead atoms. The average molecular weight is 196 g/mol. The van der Waals surface area contributed by atoms with Gasteiger partial charge in [-0.3, -0.25) is 10.1 Å². The van der Waals surface area contributed by atoms with Gasteiger partial charge in [-0.15, -0.1) is 0 Å². The molecule has 0 heterocycles. The second-order valence-electron chi connectivity index (χ2n) is 2.69. The third-order valence-electron chi connectivity index (χ3n) is 1.72. The van der Waals surface area contributed by atoms with E-state index in [1.807, 2.05) is 0 Å². The molecule has 0 saturated heterocycles. The Hall–Kier alpha value is -1.62. The molecule has 0 aliphatic heterocycles. The number of methoxy groups -OCH3 is 1. The van der Waals surface area contributed by atoms with Crippen LogP contribution in [0.15, 0.2) is 24.3 Å². The van der Waals surface area contributed by atoms with Crippen LogP contribution in [0.3, 0.4) is 0 Å². The number of nitrogens with one attached hydrogen (secondary N) is 1. The van der Waals surface area contributed by atoms with E-state index >= 15 is 0 Å². The minimum atomic E-state index is -0.408. The molecule has 0 radical (unpaired) electrons. The van der Waals surface area contributed by atoms with Crippen molar-refractivity contribution in [2.24, 2.45) is 0 Å². The van der Waals surface area contributed by atoms with Crippen molar-refractivity contribution in [2.75, 3.05) is 25.6 Å². The van der Waals surface area contributed by atoms with Crippen LogP contribution in [0, 0.1) is 10.1 Å². The van der Waals surface area contributed by atoms with E-state index in [1.54, 1.807) is 25.3 Å². The summed E-state index contributed by atoms with van der Waals surface area (Å²) >= 11 is 0. The van der Waals surface area contributed by atoms with Crippen molar-refractivity contribution < 1.29 is 9.66 Å². The lowest BCUT2D eigenvalue weighted by molar-refractivity contribution is -0.384. The molecule has 1 rings (SSSR count). The molecule has 0 atom stereocenters. The molecule has 0 spiro atoms. The Kier molecular flexibility index (Phi) is 3.87. The number of para-hydroxylation sites is 2. The number of hydrogen-bond acceptors (Lipinski definition) is 4. The predicted molar refractivity (Wildman–Crippen MR) is 53.5 cm³/mol. The van der Waals surface area contributed by atoms with Gasteiger partial charge in [0.2, 0.25) is 0 Å². The molecule has 0 saturated carbocycles. The van der Waals surface area contributed by atoms with Crippen LogP contribution in [0.2, 0.25) is 0 Å². The molecule has 14 heavy (non-hydrogen) atoms. The number of ether oxygens (including phenoxy) is 1. The zero-order valence-electron chi connectivity index (χ0n) is 7.90.